The van der Waals surface area contributed by atoms with Crippen molar-refractivity contribution in [3.63, 3.8) is 0 Å². The summed E-state index contributed by atoms with van der Waals surface area (Å²) in [7, 11) is 0. The molecule has 0 saturated heterocycles. The van der Waals surface area contributed by atoms with Gasteiger partial charge < -0.3 is 13.9 Å². The maximum atomic E-state index is 7.30. The van der Waals surface area contributed by atoms with Crippen LogP contribution >= 0.6 is 11.3 Å². The van der Waals surface area contributed by atoms with E-state index in [1.54, 1.807) is 0 Å². The van der Waals surface area contributed by atoms with Gasteiger partial charge in [0.25, 0.3) is 0 Å². The molecule has 0 spiro atoms. The van der Waals surface area contributed by atoms with Gasteiger partial charge in [0.15, 0.2) is 0 Å². The molecule has 0 radical (unpaired) electrons. The summed E-state index contributed by atoms with van der Waals surface area (Å²) in [5.74, 6) is 1.64. The van der Waals surface area contributed by atoms with E-state index in [0.717, 1.165) is 66.5 Å². The summed E-state index contributed by atoms with van der Waals surface area (Å²) >= 11 is 1.85. The fourth-order valence-corrected chi connectivity index (χ4v) is 10.1. The number of hydrogen-bond donors (Lipinski definition) is 0. The SMILES string of the molecule is c1ccc(-c2ccc3c(c2)c2c(Oc4cccc5c4c4cc(-c6ccccc6)ccc4n5-c4ccc5sc6ccccc6c5c4)cccc2n3-c2ccccc2)cc1. The molecule has 12 aromatic rings. The zero-order valence-electron chi connectivity index (χ0n) is 31.3. The molecule has 3 nitrogen and oxygen atoms in total. The van der Waals surface area contributed by atoms with Gasteiger partial charge in [-0.05, 0) is 107 Å². The lowest BCUT2D eigenvalue weighted by molar-refractivity contribution is 0.495. The number of aromatic nitrogens is 2. The number of fused-ring (bicyclic) bond motifs is 9. The average Bonchev–Trinajstić information content (AvgIpc) is 3.95. The number of benzene rings is 9. The van der Waals surface area contributed by atoms with Gasteiger partial charge in [-0.1, -0.05) is 121 Å². The Morgan fingerprint density at radius 2 is 0.828 bits per heavy atom. The number of para-hydroxylation sites is 1. The number of rotatable bonds is 6. The quantitative estimate of drug-likeness (QED) is 0.165. The number of nitrogens with zero attached hydrogens (tertiary/aromatic N) is 2. The van der Waals surface area contributed by atoms with Crippen molar-refractivity contribution in [2.45, 2.75) is 0 Å². The second-order valence-electron chi connectivity index (χ2n) is 14.9. The minimum Gasteiger partial charge on any atom is -0.456 e. The molecule has 0 aliphatic carbocycles. The van der Waals surface area contributed by atoms with E-state index in [1.807, 2.05) is 11.3 Å². The van der Waals surface area contributed by atoms with Crippen molar-refractivity contribution in [3.8, 4) is 45.1 Å². The highest BCUT2D eigenvalue weighted by molar-refractivity contribution is 7.25. The molecule has 0 N–H and O–H groups in total. The molecule has 272 valence electrons. The summed E-state index contributed by atoms with van der Waals surface area (Å²) in [4.78, 5) is 0. The molecule has 0 saturated carbocycles. The van der Waals surface area contributed by atoms with Crippen molar-refractivity contribution in [2.24, 2.45) is 0 Å². The van der Waals surface area contributed by atoms with Gasteiger partial charge in [0.05, 0.1) is 32.8 Å². The van der Waals surface area contributed by atoms with Crippen molar-refractivity contribution in [1.82, 2.24) is 9.13 Å². The van der Waals surface area contributed by atoms with Crippen molar-refractivity contribution in [3.05, 3.63) is 206 Å². The highest BCUT2D eigenvalue weighted by atomic mass is 32.1. The molecule has 0 atom stereocenters. The van der Waals surface area contributed by atoms with E-state index >= 15 is 0 Å². The lowest BCUT2D eigenvalue weighted by Gasteiger charge is -2.11. The molecule has 0 aliphatic rings. The first-order valence-electron chi connectivity index (χ1n) is 19.7. The Labute approximate surface area is 338 Å². The van der Waals surface area contributed by atoms with E-state index < -0.39 is 0 Å². The minimum atomic E-state index is 0.820. The van der Waals surface area contributed by atoms with Crippen LogP contribution in [0.25, 0.3) is 97.4 Å². The van der Waals surface area contributed by atoms with Crippen molar-refractivity contribution >= 4 is 75.1 Å². The molecule has 12 rings (SSSR count). The highest BCUT2D eigenvalue weighted by Crippen LogP contribution is 2.45. The van der Waals surface area contributed by atoms with E-state index in [9.17, 15) is 0 Å². The van der Waals surface area contributed by atoms with E-state index in [-0.39, 0.29) is 0 Å². The summed E-state index contributed by atoms with van der Waals surface area (Å²) in [6.45, 7) is 0. The van der Waals surface area contributed by atoms with Crippen LogP contribution in [0, 0.1) is 0 Å². The third kappa shape index (κ3) is 5.12. The lowest BCUT2D eigenvalue weighted by Crippen LogP contribution is -1.94. The van der Waals surface area contributed by atoms with E-state index in [2.05, 4.69) is 215 Å². The molecule has 0 aliphatic heterocycles. The predicted octanol–water partition coefficient (Wildman–Crippen LogP) is 15.4. The number of ether oxygens (including phenoxy) is 1. The molecule has 3 heterocycles. The van der Waals surface area contributed by atoms with Crippen LogP contribution in [0.2, 0.25) is 0 Å². The van der Waals surface area contributed by atoms with Crippen LogP contribution in [0.4, 0.5) is 0 Å². The molecule has 4 heteroatoms. The van der Waals surface area contributed by atoms with Gasteiger partial charge in [0.2, 0.25) is 0 Å². The fraction of sp³-hybridized carbons (Fsp3) is 0. The second kappa shape index (κ2) is 13.1. The summed E-state index contributed by atoms with van der Waals surface area (Å²) in [6.07, 6.45) is 0. The zero-order valence-corrected chi connectivity index (χ0v) is 32.2. The van der Waals surface area contributed by atoms with Gasteiger partial charge in [0, 0.05) is 42.3 Å². The van der Waals surface area contributed by atoms with Crippen molar-refractivity contribution < 1.29 is 4.74 Å². The molecule has 0 amide bonds. The molecular formula is C54H34N2OS. The fourth-order valence-electron chi connectivity index (χ4n) is 8.97. The molecule has 0 fully saturated rings. The Kier molecular flexibility index (Phi) is 7.40. The van der Waals surface area contributed by atoms with Crippen molar-refractivity contribution in [2.75, 3.05) is 0 Å². The van der Waals surface area contributed by atoms with Crippen LogP contribution in [-0.2, 0) is 0 Å². The standard InChI is InChI=1S/C54H34N2OS/c1-4-14-35(15-5-1)37-26-29-45-43(32-37)53-47(55(45)39-18-8-3-9-19-39)21-12-23-49(53)57-50-24-13-22-48-54(50)44-33-38(36-16-6-2-7-17-36)27-30-46(44)56(48)40-28-31-52-42(34-40)41-20-10-11-25-51(41)58-52/h1-34H. The largest absolute Gasteiger partial charge is 0.456 e. The van der Waals surface area contributed by atoms with E-state index in [0.29, 0.717) is 0 Å². The molecule has 9 aromatic carbocycles. The van der Waals surface area contributed by atoms with Gasteiger partial charge in [-0.3, -0.25) is 0 Å². The first-order valence-corrected chi connectivity index (χ1v) is 20.5. The van der Waals surface area contributed by atoms with Crippen LogP contribution in [0.5, 0.6) is 11.5 Å². The Morgan fingerprint density at radius 1 is 0.310 bits per heavy atom. The van der Waals surface area contributed by atoms with Crippen molar-refractivity contribution in [1.29, 1.82) is 0 Å². The average molecular weight is 759 g/mol. The first-order chi connectivity index (χ1) is 28.8. The third-order valence-electron chi connectivity index (χ3n) is 11.6. The summed E-state index contributed by atoms with van der Waals surface area (Å²) in [6, 6.07) is 74.1. The van der Waals surface area contributed by atoms with Crippen LogP contribution in [0.1, 0.15) is 0 Å². The normalized spacial score (nSPS) is 11.8. The second-order valence-corrected chi connectivity index (χ2v) is 16.0. The summed E-state index contributed by atoms with van der Waals surface area (Å²) < 4.78 is 14.7. The molecule has 3 aromatic heterocycles. The summed E-state index contributed by atoms with van der Waals surface area (Å²) in [5.41, 5.74) is 11.4. The molecule has 58 heavy (non-hydrogen) atoms. The Balaban J connectivity index is 1.11. The summed E-state index contributed by atoms with van der Waals surface area (Å²) in [5, 5.41) is 7.02. The van der Waals surface area contributed by atoms with Crippen LogP contribution in [0.3, 0.4) is 0 Å². The van der Waals surface area contributed by atoms with Crippen LogP contribution in [-0.4, -0.2) is 9.13 Å². The highest BCUT2D eigenvalue weighted by Gasteiger charge is 2.21. The number of hydrogen-bond acceptors (Lipinski definition) is 2. The molecule has 0 unspecified atom stereocenters. The maximum absolute atomic E-state index is 7.30. The predicted molar refractivity (Wildman–Crippen MR) is 245 cm³/mol. The van der Waals surface area contributed by atoms with E-state index in [1.165, 1.54) is 42.4 Å². The van der Waals surface area contributed by atoms with Gasteiger partial charge in [-0.25, -0.2) is 0 Å². The monoisotopic (exact) mass is 758 g/mol. The number of thiophene rings is 1. The Morgan fingerprint density at radius 3 is 1.43 bits per heavy atom. The van der Waals surface area contributed by atoms with E-state index in [4.69, 9.17) is 4.74 Å². The van der Waals surface area contributed by atoms with Gasteiger partial charge in [-0.15, -0.1) is 11.3 Å². The zero-order chi connectivity index (χ0) is 38.2. The Bertz CT molecular complexity index is 3520. The van der Waals surface area contributed by atoms with Gasteiger partial charge in [-0.2, -0.15) is 0 Å². The maximum Gasteiger partial charge on any atom is 0.137 e. The van der Waals surface area contributed by atoms with Gasteiger partial charge >= 0.3 is 0 Å². The third-order valence-corrected chi connectivity index (χ3v) is 12.7. The lowest BCUT2D eigenvalue weighted by atomic mass is 10.0. The van der Waals surface area contributed by atoms with Crippen LogP contribution < -0.4 is 4.74 Å². The topological polar surface area (TPSA) is 19.1 Å². The first kappa shape index (κ1) is 32.8. The van der Waals surface area contributed by atoms with Gasteiger partial charge in [0.1, 0.15) is 11.5 Å². The molecular weight excluding hydrogens is 725 g/mol. The minimum absolute atomic E-state index is 0.820. The van der Waals surface area contributed by atoms with Crippen LogP contribution in [0.15, 0.2) is 206 Å². The smallest absolute Gasteiger partial charge is 0.137 e. The molecule has 0 bridgehead atoms. The Hall–Kier alpha value is -7.40.